The molecule has 21 heavy (non-hydrogen) atoms. The second-order valence-corrected chi connectivity index (χ2v) is 7.06. The van der Waals surface area contributed by atoms with Crippen LogP contribution in [0.25, 0.3) is 0 Å². The minimum Gasteiger partial charge on any atom is -0.340 e. The van der Waals surface area contributed by atoms with E-state index in [-0.39, 0.29) is 23.5 Å². The second kappa shape index (κ2) is 6.85. The van der Waals surface area contributed by atoms with E-state index in [0.717, 1.165) is 5.56 Å². The fourth-order valence-electron chi connectivity index (χ4n) is 2.29. The van der Waals surface area contributed by atoms with Crippen molar-refractivity contribution in [2.75, 3.05) is 19.3 Å². The largest absolute Gasteiger partial charge is 0.340 e. The van der Waals surface area contributed by atoms with Gasteiger partial charge in [0.25, 0.3) is 0 Å². The van der Waals surface area contributed by atoms with Crippen molar-refractivity contribution >= 4 is 22.6 Å². The van der Waals surface area contributed by atoms with Crippen LogP contribution in [0.3, 0.4) is 0 Å². The molecule has 2 rings (SSSR count). The molecule has 1 saturated heterocycles. The lowest BCUT2D eigenvalue weighted by atomic mass is 10.1. The van der Waals surface area contributed by atoms with Gasteiger partial charge in [0.2, 0.25) is 11.8 Å². The molecule has 1 N–H and O–H groups in total. The van der Waals surface area contributed by atoms with Crippen molar-refractivity contribution in [2.24, 2.45) is 0 Å². The van der Waals surface area contributed by atoms with Crippen molar-refractivity contribution in [2.45, 2.75) is 24.6 Å². The fraction of sp³-hybridized carbons (Fsp3) is 0.467. The molecule has 2 amide bonds. The Balaban J connectivity index is 2.22. The molecule has 1 aliphatic rings. The first-order valence-electron chi connectivity index (χ1n) is 6.94. The topological polar surface area (TPSA) is 66.5 Å². The number of hydrogen-bond donors (Lipinski definition) is 1. The van der Waals surface area contributed by atoms with Crippen LogP contribution in [0.5, 0.6) is 0 Å². The van der Waals surface area contributed by atoms with Crippen LogP contribution in [0.15, 0.2) is 30.3 Å². The Hall–Kier alpha value is -1.69. The maximum atomic E-state index is 12.7. The molecule has 6 heteroatoms. The van der Waals surface area contributed by atoms with E-state index in [0.29, 0.717) is 13.1 Å². The van der Waals surface area contributed by atoms with Gasteiger partial charge in [-0.25, -0.2) is 0 Å². The van der Waals surface area contributed by atoms with Crippen molar-refractivity contribution in [1.82, 2.24) is 10.2 Å². The average Bonchev–Trinajstić information content (AvgIpc) is 2.61. The van der Waals surface area contributed by atoms with Gasteiger partial charge in [-0.1, -0.05) is 30.3 Å². The number of nitrogens with zero attached hydrogens (tertiary/aromatic N) is 1. The number of carbonyl (C=O) groups excluding carboxylic acids is 2. The number of hydrogen-bond acceptors (Lipinski definition) is 3. The molecule has 1 aromatic rings. The van der Waals surface area contributed by atoms with Crippen molar-refractivity contribution in [3.05, 3.63) is 35.9 Å². The fourth-order valence-corrected chi connectivity index (χ4v) is 2.68. The van der Waals surface area contributed by atoms with E-state index in [2.05, 4.69) is 5.32 Å². The van der Waals surface area contributed by atoms with E-state index in [1.165, 1.54) is 0 Å². The lowest BCUT2D eigenvalue weighted by Crippen LogP contribution is -2.42. The summed E-state index contributed by atoms with van der Waals surface area (Å²) < 4.78 is 11.5. The van der Waals surface area contributed by atoms with Crippen LogP contribution in [0.4, 0.5) is 0 Å². The predicted molar refractivity (Wildman–Crippen MR) is 82.1 cm³/mol. The Morgan fingerprint density at radius 3 is 2.62 bits per heavy atom. The van der Waals surface area contributed by atoms with Gasteiger partial charge in [0.1, 0.15) is 6.04 Å². The number of benzene rings is 1. The number of rotatable bonds is 4. The van der Waals surface area contributed by atoms with Crippen molar-refractivity contribution in [3.8, 4) is 0 Å². The van der Waals surface area contributed by atoms with Crippen LogP contribution in [-0.2, 0) is 20.4 Å². The summed E-state index contributed by atoms with van der Waals surface area (Å²) in [6.45, 7) is 2.62. The lowest BCUT2D eigenvalue weighted by molar-refractivity contribution is -0.133. The lowest BCUT2D eigenvalue weighted by Gasteiger charge is -2.26. The Morgan fingerprint density at radius 1 is 1.33 bits per heavy atom. The van der Waals surface area contributed by atoms with E-state index in [4.69, 9.17) is 0 Å². The molecule has 1 heterocycles. The highest BCUT2D eigenvalue weighted by Crippen LogP contribution is 2.19. The van der Waals surface area contributed by atoms with Gasteiger partial charge in [-0.3, -0.25) is 13.8 Å². The van der Waals surface area contributed by atoms with Gasteiger partial charge in [-0.05, 0) is 12.5 Å². The first-order chi connectivity index (χ1) is 9.99. The van der Waals surface area contributed by atoms with Gasteiger partial charge in [-0.2, -0.15) is 0 Å². The van der Waals surface area contributed by atoms with E-state index in [1.54, 1.807) is 11.2 Å². The number of amides is 2. The third-order valence-corrected chi connectivity index (χ3v) is 4.93. The molecular weight excluding hydrogens is 288 g/mol. The van der Waals surface area contributed by atoms with E-state index in [9.17, 15) is 13.8 Å². The monoisotopic (exact) mass is 308 g/mol. The molecule has 1 fully saturated rings. The van der Waals surface area contributed by atoms with Crippen LogP contribution in [0.2, 0.25) is 0 Å². The van der Waals surface area contributed by atoms with Gasteiger partial charge in [0.05, 0.1) is 0 Å². The molecule has 0 radical (unpaired) electrons. The SMILES string of the molecule is CC(CN1CCC(=O)NC(c2ccccc2)C1=O)S(C)=O. The molecule has 3 unspecified atom stereocenters. The summed E-state index contributed by atoms with van der Waals surface area (Å²) in [4.78, 5) is 26.1. The molecule has 0 spiro atoms. The zero-order valence-electron chi connectivity index (χ0n) is 12.2. The maximum absolute atomic E-state index is 12.7. The molecule has 1 aromatic carbocycles. The highest BCUT2D eigenvalue weighted by molar-refractivity contribution is 7.84. The Labute approximate surface area is 127 Å². The van der Waals surface area contributed by atoms with Crippen molar-refractivity contribution in [1.29, 1.82) is 0 Å². The highest BCUT2D eigenvalue weighted by atomic mass is 32.2. The summed E-state index contributed by atoms with van der Waals surface area (Å²) in [6, 6.07) is 8.55. The minimum atomic E-state index is -0.996. The molecule has 0 aliphatic carbocycles. The van der Waals surface area contributed by atoms with Gasteiger partial charge in [0.15, 0.2) is 0 Å². The quantitative estimate of drug-likeness (QED) is 0.896. The summed E-state index contributed by atoms with van der Waals surface area (Å²) in [5, 5.41) is 2.66. The molecule has 0 bridgehead atoms. The summed E-state index contributed by atoms with van der Waals surface area (Å²) in [7, 11) is -0.996. The van der Waals surface area contributed by atoms with Gasteiger partial charge < -0.3 is 10.2 Å². The Morgan fingerprint density at radius 2 is 2.00 bits per heavy atom. The van der Waals surface area contributed by atoms with E-state index >= 15 is 0 Å². The summed E-state index contributed by atoms with van der Waals surface area (Å²) in [6.07, 6.45) is 1.91. The van der Waals surface area contributed by atoms with Crippen LogP contribution < -0.4 is 5.32 Å². The number of nitrogens with one attached hydrogen (secondary N) is 1. The van der Waals surface area contributed by atoms with Crippen LogP contribution in [-0.4, -0.2) is 45.5 Å². The molecule has 5 nitrogen and oxygen atoms in total. The predicted octanol–water partition coefficient (Wildman–Crippen LogP) is 0.843. The zero-order chi connectivity index (χ0) is 15.4. The van der Waals surface area contributed by atoms with Crippen LogP contribution >= 0.6 is 0 Å². The van der Waals surface area contributed by atoms with Gasteiger partial charge in [0, 0.05) is 41.8 Å². The van der Waals surface area contributed by atoms with Gasteiger partial charge >= 0.3 is 0 Å². The molecule has 1 aliphatic heterocycles. The molecular formula is C15H20N2O3S. The van der Waals surface area contributed by atoms with Crippen molar-refractivity contribution < 1.29 is 13.8 Å². The molecule has 0 saturated carbocycles. The molecule has 0 aromatic heterocycles. The minimum absolute atomic E-state index is 0.112. The standard InChI is InChI=1S/C15H20N2O3S/c1-11(21(2)20)10-17-9-8-13(18)16-14(15(17)19)12-6-4-3-5-7-12/h3-7,11,14H,8-10H2,1-2H3,(H,16,18). The Bertz CT molecular complexity index is 547. The molecule has 114 valence electrons. The first kappa shape index (κ1) is 15.7. The average molecular weight is 308 g/mol. The van der Waals surface area contributed by atoms with Gasteiger partial charge in [-0.15, -0.1) is 0 Å². The Kier molecular flexibility index (Phi) is 5.12. The van der Waals surface area contributed by atoms with E-state index in [1.807, 2.05) is 37.3 Å². The summed E-state index contributed by atoms with van der Waals surface area (Å²) in [5.41, 5.74) is 0.771. The normalized spacial score (nSPS) is 22.4. The third-order valence-electron chi connectivity index (χ3n) is 3.65. The second-order valence-electron chi connectivity index (χ2n) is 5.25. The summed E-state index contributed by atoms with van der Waals surface area (Å²) in [5.74, 6) is -0.269. The first-order valence-corrected chi connectivity index (χ1v) is 8.56. The third kappa shape index (κ3) is 3.91. The maximum Gasteiger partial charge on any atom is 0.249 e. The summed E-state index contributed by atoms with van der Waals surface area (Å²) >= 11 is 0. The van der Waals surface area contributed by atoms with E-state index < -0.39 is 16.8 Å². The van der Waals surface area contributed by atoms with Crippen LogP contribution in [0, 0.1) is 0 Å². The molecule has 3 atom stereocenters. The number of carbonyl (C=O) groups is 2. The highest BCUT2D eigenvalue weighted by Gasteiger charge is 2.31. The van der Waals surface area contributed by atoms with Crippen LogP contribution in [0.1, 0.15) is 24.9 Å². The zero-order valence-corrected chi connectivity index (χ0v) is 13.1. The van der Waals surface area contributed by atoms with Crippen molar-refractivity contribution in [3.63, 3.8) is 0 Å². The smallest absolute Gasteiger partial charge is 0.249 e.